The number of hydrogen-bond donors (Lipinski definition) is 2. The fraction of sp³-hybridized carbons (Fsp3) is 0.941. The fourth-order valence-corrected chi connectivity index (χ4v) is 3.52. The van der Waals surface area contributed by atoms with Crippen molar-refractivity contribution >= 4 is 5.91 Å². The molecule has 0 saturated heterocycles. The van der Waals surface area contributed by atoms with E-state index in [1.54, 1.807) is 0 Å². The molecule has 2 aliphatic rings. The molecule has 2 aliphatic carbocycles. The summed E-state index contributed by atoms with van der Waals surface area (Å²) in [7, 11) is 0. The number of nitrogens with one attached hydrogen (secondary N) is 1. The second kappa shape index (κ2) is 7.10. The van der Waals surface area contributed by atoms with Gasteiger partial charge in [-0.2, -0.15) is 0 Å². The first kappa shape index (κ1) is 16.8. The van der Waals surface area contributed by atoms with Crippen molar-refractivity contribution < 1.29 is 9.53 Å². The van der Waals surface area contributed by atoms with Crippen LogP contribution in [0.5, 0.6) is 0 Å². The van der Waals surface area contributed by atoms with Crippen LogP contribution in [0.2, 0.25) is 0 Å². The summed E-state index contributed by atoms with van der Waals surface area (Å²) in [6.07, 6.45) is 10.2. The summed E-state index contributed by atoms with van der Waals surface area (Å²) in [6.45, 7) is 5.26. The van der Waals surface area contributed by atoms with E-state index in [1.165, 1.54) is 19.3 Å². The van der Waals surface area contributed by atoms with Crippen molar-refractivity contribution in [2.45, 2.75) is 83.3 Å². The highest BCUT2D eigenvalue weighted by atomic mass is 16.5. The number of ether oxygens (including phenoxy) is 1. The van der Waals surface area contributed by atoms with Crippen LogP contribution in [-0.4, -0.2) is 30.7 Å². The van der Waals surface area contributed by atoms with E-state index in [0.29, 0.717) is 18.0 Å². The second-order valence-corrected chi connectivity index (χ2v) is 7.74. The summed E-state index contributed by atoms with van der Waals surface area (Å²) >= 11 is 0. The molecule has 21 heavy (non-hydrogen) atoms. The molecule has 2 saturated carbocycles. The van der Waals surface area contributed by atoms with Gasteiger partial charge in [0.15, 0.2) is 0 Å². The Labute approximate surface area is 129 Å². The first-order chi connectivity index (χ1) is 9.95. The maximum atomic E-state index is 12.1. The Hall–Kier alpha value is -0.610. The minimum Gasteiger partial charge on any atom is -0.364 e. The smallest absolute Gasteiger partial charge is 0.246 e. The monoisotopic (exact) mass is 296 g/mol. The van der Waals surface area contributed by atoms with Crippen molar-refractivity contribution in [2.24, 2.45) is 11.1 Å². The quantitative estimate of drug-likeness (QED) is 0.820. The molecule has 0 aliphatic heterocycles. The number of carbonyl (C=O) groups excluding carboxylic acids is 1. The van der Waals surface area contributed by atoms with Gasteiger partial charge >= 0.3 is 0 Å². The van der Waals surface area contributed by atoms with Gasteiger partial charge in [0.05, 0.1) is 5.60 Å². The van der Waals surface area contributed by atoms with Gasteiger partial charge in [0.25, 0.3) is 0 Å². The Bertz CT molecular complexity index is 339. The summed E-state index contributed by atoms with van der Waals surface area (Å²) in [6, 6.07) is 0.356. The molecule has 0 unspecified atom stereocenters. The summed E-state index contributed by atoms with van der Waals surface area (Å²) in [4.78, 5) is 12.1. The Kier molecular flexibility index (Phi) is 5.67. The van der Waals surface area contributed by atoms with Crippen molar-refractivity contribution in [2.75, 3.05) is 13.2 Å². The molecule has 0 aromatic carbocycles. The second-order valence-electron chi connectivity index (χ2n) is 7.74. The normalized spacial score (nSPS) is 25.5. The lowest BCUT2D eigenvalue weighted by atomic mass is 9.71. The Morgan fingerprint density at radius 1 is 1.14 bits per heavy atom. The average Bonchev–Trinajstić information content (AvgIpc) is 2.48. The first-order valence-corrected chi connectivity index (χ1v) is 8.58. The van der Waals surface area contributed by atoms with E-state index >= 15 is 0 Å². The van der Waals surface area contributed by atoms with Crippen LogP contribution in [0.1, 0.15) is 71.6 Å². The molecule has 3 N–H and O–H groups in total. The highest BCUT2D eigenvalue weighted by Gasteiger charge is 2.38. The molecule has 0 radical (unpaired) electrons. The van der Waals surface area contributed by atoms with Crippen LogP contribution in [0, 0.1) is 5.41 Å². The van der Waals surface area contributed by atoms with E-state index in [2.05, 4.69) is 19.2 Å². The third kappa shape index (κ3) is 4.96. The van der Waals surface area contributed by atoms with E-state index in [4.69, 9.17) is 10.5 Å². The maximum Gasteiger partial charge on any atom is 0.246 e. The highest BCUT2D eigenvalue weighted by molar-refractivity contribution is 5.77. The molecule has 4 nitrogen and oxygen atoms in total. The molecule has 2 rings (SSSR count). The third-order valence-corrected chi connectivity index (χ3v) is 5.37. The molecule has 122 valence electrons. The highest BCUT2D eigenvalue weighted by Crippen LogP contribution is 2.41. The lowest BCUT2D eigenvalue weighted by molar-refractivity contribution is -0.138. The lowest BCUT2D eigenvalue weighted by Crippen LogP contribution is -2.48. The summed E-state index contributed by atoms with van der Waals surface area (Å²) in [5, 5.41) is 3.11. The lowest BCUT2D eigenvalue weighted by Gasteiger charge is -2.42. The number of carbonyl (C=O) groups is 1. The molecular weight excluding hydrogens is 264 g/mol. The van der Waals surface area contributed by atoms with Gasteiger partial charge in [-0.25, -0.2) is 0 Å². The average molecular weight is 296 g/mol. The minimum atomic E-state index is -0.278. The summed E-state index contributed by atoms with van der Waals surface area (Å²) < 4.78 is 5.98. The van der Waals surface area contributed by atoms with Gasteiger partial charge in [-0.3, -0.25) is 4.79 Å². The molecular formula is C17H32N2O2. The van der Waals surface area contributed by atoms with E-state index in [1.807, 2.05) is 0 Å². The molecule has 4 heteroatoms. The first-order valence-electron chi connectivity index (χ1n) is 8.58. The molecule has 0 spiro atoms. The van der Waals surface area contributed by atoms with Gasteiger partial charge in [-0.15, -0.1) is 0 Å². The van der Waals surface area contributed by atoms with Crippen molar-refractivity contribution in [3.05, 3.63) is 0 Å². The Morgan fingerprint density at radius 2 is 1.76 bits per heavy atom. The Morgan fingerprint density at radius 3 is 2.33 bits per heavy atom. The molecule has 0 heterocycles. The summed E-state index contributed by atoms with van der Waals surface area (Å²) in [5.41, 5.74) is 6.04. The van der Waals surface area contributed by atoms with Crippen LogP contribution in [0.4, 0.5) is 0 Å². The number of rotatable bonds is 5. The zero-order valence-electron chi connectivity index (χ0n) is 13.7. The van der Waals surface area contributed by atoms with Crippen LogP contribution >= 0.6 is 0 Å². The SMILES string of the molecule is CC1(C)CCC(CN)(OCC(=O)NC2CCCCC2)CC1. The van der Waals surface area contributed by atoms with Crippen LogP contribution in [0.3, 0.4) is 0 Å². The summed E-state index contributed by atoms with van der Waals surface area (Å²) in [5.74, 6) is 0.0274. The van der Waals surface area contributed by atoms with Crippen LogP contribution in [-0.2, 0) is 9.53 Å². The van der Waals surface area contributed by atoms with Gasteiger partial charge in [-0.05, 0) is 43.9 Å². The predicted octanol–water partition coefficient (Wildman–Crippen LogP) is 2.75. The largest absolute Gasteiger partial charge is 0.364 e. The molecule has 0 bridgehead atoms. The van der Waals surface area contributed by atoms with Gasteiger partial charge in [-0.1, -0.05) is 33.1 Å². The van der Waals surface area contributed by atoms with Gasteiger partial charge in [0.1, 0.15) is 6.61 Å². The van der Waals surface area contributed by atoms with Crippen LogP contribution < -0.4 is 11.1 Å². The van der Waals surface area contributed by atoms with Gasteiger partial charge < -0.3 is 15.8 Å². The topological polar surface area (TPSA) is 64.3 Å². The number of nitrogens with two attached hydrogens (primary N) is 1. The number of amides is 1. The van der Waals surface area contributed by atoms with E-state index in [-0.39, 0.29) is 18.1 Å². The zero-order chi connectivity index (χ0) is 15.3. The van der Waals surface area contributed by atoms with Crippen molar-refractivity contribution in [1.29, 1.82) is 0 Å². The third-order valence-electron chi connectivity index (χ3n) is 5.37. The van der Waals surface area contributed by atoms with E-state index in [9.17, 15) is 4.79 Å². The maximum absolute atomic E-state index is 12.1. The molecule has 2 fully saturated rings. The minimum absolute atomic E-state index is 0.0274. The zero-order valence-corrected chi connectivity index (χ0v) is 13.7. The van der Waals surface area contributed by atoms with Gasteiger partial charge in [0, 0.05) is 12.6 Å². The van der Waals surface area contributed by atoms with E-state index < -0.39 is 0 Å². The Balaban J connectivity index is 1.76. The molecule has 0 aromatic rings. The van der Waals surface area contributed by atoms with Gasteiger partial charge in [0.2, 0.25) is 5.91 Å². The van der Waals surface area contributed by atoms with Crippen molar-refractivity contribution in [1.82, 2.24) is 5.32 Å². The van der Waals surface area contributed by atoms with Crippen molar-refractivity contribution in [3.8, 4) is 0 Å². The van der Waals surface area contributed by atoms with Crippen molar-refractivity contribution in [3.63, 3.8) is 0 Å². The van der Waals surface area contributed by atoms with Crippen LogP contribution in [0.25, 0.3) is 0 Å². The number of hydrogen-bond acceptors (Lipinski definition) is 3. The predicted molar refractivity (Wildman–Crippen MR) is 85.0 cm³/mol. The molecule has 0 atom stereocenters. The molecule has 1 amide bonds. The standard InChI is InChI=1S/C17H32N2O2/c1-16(2)8-10-17(13-18,11-9-16)21-12-15(20)19-14-6-4-3-5-7-14/h14H,3-13,18H2,1-2H3,(H,19,20). The molecule has 0 aromatic heterocycles. The van der Waals surface area contributed by atoms with Crippen LogP contribution in [0.15, 0.2) is 0 Å². The fourth-order valence-electron chi connectivity index (χ4n) is 3.52. The van der Waals surface area contributed by atoms with E-state index in [0.717, 1.165) is 38.5 Å².